The lowest BCUT2D eigenvalue weighted by atomic mass is 10.2. The normalized spacial score (nSPS) is 11.8. The smallest absolute Gasteiger partial charge is 0.186 e. The molecule has 7 heteroatoms. The number of rotatable bonds is 4. The highest BCUT2D eigenvalue weighted by Crippen LogP contribution is 2.28. The summed E-state index contributed by atoms with van der Waals surface area (Å²) >= 11 is 3.44. The van der Waals surface area contributed by atoms with Crippen molar-refractivity contribution in [2.75, 3.05) is 5.73 Å². The van der Waals surface area contributed by atoms with Crippen molar-refractivity contribution in [1.29, 1.82) is 0 Å². The summed E-state index contributed by atoms with van der Waals surface area (Å²) in [5.74, 6) is -0.134. The predicted octanol–water partition coefficient (Wildman–Crippen LogP) is 2.61. The summed E-state index contributed by atoms with van der Waals surface area (Å²) in [7, 11) is -1.78. The molecule has 2 aromatic rings. The Hall–Kier alpha value is -1.34. The molecule has 1 aromatic carbocycles. The SMILES string of the molecule is CCc1nn(C)c(CS(=O)(=O)c2cc(C)ccc2N)c1Br. The summed E-state index contributed by atoms with van der Waals surface area (Å²) in [6.07, 6.45) is 0.737. The zero-order chi connectivity index (χ0) is 15.8. The Balaban J connectivity index is 2.47. The number of aryl methyl sites for hydroxylation is 3. The van der Waals surface area contributed by atoms with Crippen LogP contribution in [0.2, 0.25) is 0 Å². The van der Waals surface area contributed by atoms with Crippen LogP contribution < -0.4 is 5.73 Å². The molecule has 0 saturated heterocycles. The summed E-state index contributed by atoms with van der Waals surface area (Å²) in [5, 5.41) is 4.32. The third-order valence-electron chi connectivity index (χ3n) is 3.33. The molecule has 0 radical (unpaired) electrons. The van der Waals surface area contributed by atoms with E-state index in [1.54, 1.807) is 29.9 Å². The molecular weight excluding hydrogens is 354 g/mol. The highest BCUT2D eigenvalue weighted by atomic mass is 79.9. The van der Waals surface area contributed by atoms with Crippen molar-refractivity contribution in [3.05, 3.63) is 39.6 Å². The van der Waals surface area contributed by atoms with Gasteiger partial charge in [0.2, 0.25) is 0 Å². The Labute approximate surface area is 133 Å². The maximum atomic E-state index is 12.6. The predicted molar refractivity (Wildman–Crippen MR) is 86.8 cm³/mol. The van der Waals surface area contributed by atoms with E-state index in [1.807, 2.05) is 13.8 Å². The Morgan fingerprint density at radius 1 is 1.38 bits per heavy atom. The van der Waals surface area contributed by atoms with Gasteiger partial charge in [-0.05, 0) is 47.0 Å². The third kappa shape index (κ3) is 3.13. The Kier molecular flexibility index (Phi) is 4.43. The first-order valence-electron chi connectivity index (χ1n) is 6.55. The Morgan fingerprint density at radius 2 is 2.05 bits per heavy atom. The van der Waals surface area contributed by atoms with Crippen molar-refractivity contribution in [2.45, 2.75) is 30.9 Å². The van der Waals surface area contributed by atoms with Gasteiger partial charge in [0.15, 0.2) is 9.84 Å². The second-order valence-corrected chi connectivity index (χ2v) is 7.74. The first-order valence-corrected chi connectivity index (χ1v) is 9.00. The molecule has 0 aliphatic rings. The number of sulfone groups is 1. The van der Waals surface area contributed by atoms with Crippen molar-refractivity contribution in [3.8, 4) is 0 Å². The summed E-state index contributed by atoms with van der Waals surface area (Å²) in [5.41, 5.74) is 8.44. The maximum Gasteiger partial charge on any atom is 0.186 e. The molecule has 1 heterocycles. The van der Waals surface area contributed by atoms with E-state index in [1.165, 1.54) is 0 Å². The van der Waals surface area contributed by atoms with E-state index >= 15 is 0 Å². The van der Waals surface area contributed by atoms with Crippen molar-refractivity contribution in [2.24, 2.45) is 7.05 Å². The summed E-state index contributed by atoms with van der Waals surface area (Å²) in [6, 6.07) is 5.02. The standard InChI is InChI=1S/C14H18BrN3O2S/c1-4-11-14(15)12(18(3)17-11)8-21(19,20)13-7-9(2)5-6-10(13)16/h5-7H,4,8,16H2,1-3H3. The lowest BCUT2D eigenvalue weighted by Gasteiger charge is -2.09. The van der Waals surface area contributed by atoms with E-state index in [9.17, 15) is 8.42 Å². The number of halogens is 1. The van der Waals surface area contributed by atoms with E-state index in [2.05, 4.69) is 21.0 Å². The molecule has 1 aromatic heterocycles. The number of nitrogens with two attached hydrogens (primary N) is 1. The first kappa shape index (κ1) is 16.0. The highest BCUT2D eigenvalue weighted by Gasteiger charge is 2.23. The lowest BCUT2D eigenvalue weighted by Crippen LogP contribution is -2.11. The minimum absolute atomic E-state index is 0.134. The minimum Gasteiger partial charge on any atom is -0.398 e. The number of aromatic nitrogens is 2. The third-order valence-corrected chi connectivity index (χ3v) is 5.93. The molecule has 0 aliphatic heterocycles. The first-order chi connectivity index (χ1) is 9.76. The van der Waals surface area contributed by atoms with Gasteiger partial charge in [-0.1, -0.05) is 13.0 Å². The highest BCUT2D eigenvalue weighted by molar-refractivity contribution is 9.10. The molecule has 5 nitrogen and oxygen atoms in total. The van der Waals surface area contributed by atoms with Crippen LogP contribution in [-0.4, -0.2) is 18.2 Å². The van der Waals surface area contributed by atoms with Gasteiger partial charge in [-0.3, -0.25) is 4.68 Å². The second-order valence-electron chi connectivity index (χ2n) is 4.98. The summed E-state index contributed by atoms with van der Waals surface area (Å²) < 4.78 is 27.6. The van der Waals surface area contributed by atoms with Crippen molar-refractivity contribution >= 4 is 31.5 Å². The van der Waals surface area contributed by atoms with Gasteiger partial charge in [-0.15, -0.1) is 0 Å². The Morgan fingerprint density at radius 3 is 2.62 bits per heavy atom. The molecule has 0 spiro atoms. The van der Waals surface area contributed by atoms with E-state index in [4.69, 9.17) is 5.73 Å². The lowest BCUT2D eigenvalue weighted by molar-refractivity contribution is 0.592. The van der Waals surface area contributed by atoms with Crippen LogP contribution in [0.5, 0.6) is 0 Å². The largest absolute Gasteiger partial charge is 0.398 e. The molecule has 0 saturated carbocycles. The minimum atomic E-state index is -3.52. The van der Waals surface area contributed by atoms with Crippen LogP contribution in [0.4, 0.5) is 5.69 Å². The molecule has 0 aliphatic carbocycles. The number of hydrogen-bond acceptors (Lipinski definition) is 4. The van der Waals surface area contributed by atoms with E-state index < -0.39 is 9.84 Å². The molecular formula is C14H18BrN3O2S. The van der Waals surface area contributed by atoms with Gasteiger partial charge < -0.3 is 5.73 Å². The van der Waals surface area contributed by atoms with Crippen molar-refractivity contribution in [3.63, 3.8) is 0 Å². The summed E-state index contributed by atoms with van der Waals surface area (Å²) in [4.78, 5) is 0.175. The Bertz CT molecular complexity index is 782. The molecule has 21 heavy (non-hydrogen) atoms. The number of anilines is 1. The molecule has 0 amide bonds. The fourth-order valence-electron chi connectivity index (χ4n) is 2.15. The van der Waals surface area contributed by atoms with E-state index in [0.29, 0.717) is 5.69 Å². The van der Waals surface area contributed by atoms with Crippen LogP contribution in [0, 0.1) is 6.92 Å². The quantitative estimate of drug-likeness (QED) is 0.837. The maximum absolute atomic E-state index is 12.6. The van der Waals surface area contributed by atoms with Gasteiger partial charge in [-0.2, -0.15) is 5.10 Å². The number of nitrogens with zero attached hydrogens (tertiary/aromatic N) is 2. The van der Waals surface area contributed by atoms with E-state index in [-0.39, 0.29) is 16.3 Å². The van der Waals surface area contributed by atoms with Crippen LogP contribution >= 0.6 is 15.9 Å². The topological polar surface area (TPSA) is 78.0 Å². The van der Waals surface area contributed by atoms with Gasteiger partial charge in [0, 0.05) is 7.05 Å². The van der Waals surface area contributed by atoms with Gasteiger partial charge >= 0.3 is 0 Å². The van der Waals surface area contributed by atoms with Crippen molar-refractivity contribution < 1.29 is 8.42 Å². The zero-order valence-corrected chi connectivity index (χ0v) is 14.6. The fraction of sp³-hybridized carbons (Fsp3) is 0.357. The fourth-order valence-corrected chi connectivity index (χ4v) is 4.73. The van der Waals surface area contributed by atoms with Crippen LogP contribution in [0.25, 0.3) is 0 Å². The molecule has 0 unspecified atom stereocenters. The molecule has 0 fully saturated rings. The molecule has 0 atom stereocenters. The van der Waals surface area contributed by atoms with Crippen LogP contribution in [0.15, 0.2) is 27.6 Å². The molecule has 0 bridgehead atoms. The van der Waals surface area contributed by atoms with Crippen molar-refractivity contribution in [1.82, 2.24) is 9.78 Å². The molecule has 114 valence electrons. The molecule has 2 N–H and O–H groups in total. The van der Waals surface area contributed by atoms with E-state index in [0.717, 1.165) is 22.2 Å². The second kappa shape index (κ2) is 5.81. The number of hydrogen-bond donors (Lipinski definition) is 1. The van der Waals surface area contributed by atoms with Gasteiger partial charge in [0.1, 0.15) is 0 Å². The van der Waals surface area contributed by atoms with Crippen LogP contribution in [-0.2, 0) is 29.1 Å². The average Bonchev–Trinajstić information content (AvgIpc) is 2.68. The van der Waals surface area contributed by atoms with Crippen LogP contribution in [0.3, 0.4) is 0 Å². The monoisotopic (exact) mass is 371 g/mol. The van der Waals surface area contributed by atoms with Gasteiger partial charge in [0.05, 0.1) is 32.2 Å². The number of nitrogen functional groups attached to an aromatic ring is 1. The summed E-state index contributed by atoms with van der Waals surface area (Å²) in [6.45, 7) is 3.82. The van der Waals surface area contributed by atoms with Gasteiger partial charge in [-0.25, -0.2) is 8.42 Å². The molecule has 2 rings (SSSR count). The number of benzene rings is 1. The average molecular weight is 372 g/mol. The zero-order valence-electron chi connectivity index (χ0n) is 12.2. The van der Waals surface area contributed by atoms with Gasteiger partial charge in [0.25, 0.3) is 0 Å². The van der Waals surface area contributed by atoms with Crippen LogP contribution in [0.1, 0.15) is 23.9 Å².